The number of rotatable bonds is 9. The molecule has 1 atom stereocenters. The molecule has 1 rings (SSSR count). The van der Waals surface area contributed by atoms with Crippen molar-refractivity contribution in [3.05, 3.63) is 11.9 Å². The molecule has 0 aliphatic carbocycles. The van der Waals surface area contributed by atoms with Crippen molar-refractivity contribution in [3.8, 4) is 0 Å². The number of aryl methyl sites for hydroxylation is 1. The highest BCUT2D eigenvalue weighted by atomic mass is 16.5. The van der Waals surface area contributed by atoms with E-state index in [1.165, 1.54) is 0 Å². The zero-order valence-corrected chi connectivity index (χ0v) is 13.4. The fourth-order valence-electron chi connectivity index (χ4n) is 2.16. The first-order valence-electron chi connectivity index (χ1n) is 7.53. The summed E-state index contributed by atoms with van der Waals surface area (Å²) in [6.07, 6.45) is 1.92. The number of likely N-dealkylation sites (N-methyl/N-ethyl adjacent to an activating group) is 1. The molecule has 0 spiro atoms. The second-order valence-corrected chi connectivity index (χ2v) is 4.90. The molecule has 5 nitrogen and oxygen atoms in total. The number of nitrogens with zero attached hydrogens (tertiary/aromatic N) is 3. The molecule has 1 unspecified atom stereocenters. The number of hydrogen-bond acceptors (Lipinski definition) is 5. The van der Waals surface area contributed by atoms with E-state index in [0.717, 1.165) is 43.4 Å². The van der Waals surface area contributed by atoms with Crippen LogP contribution in [0.1, 0.15) is 39.9 Å². The lowest BCUT2D eigenvalue weighted by Crippen LogP contribution is -2.37. The van der Waals surface area contributed by atoms with Gasteiger partial charge in [-0.3, -0.25) is 0 Å². The van der Waals surface area contributed by atoms with Gasteiger partial charge in [0.15, 0.2) is 0 Å². The van der Waals surface area contributed by atoms with Gasteiger partial charge in [-0.2, -0.15) is 0 Å². The van der Waals surface area contributed by atoms with Crippen molar-refractivity contribution < 1.29 is 4.74 Å². The highest BCUT2D eigenvalue weighted by Gasteiger charge is 2.15. The van der Waals surface area contributed by atoms with Gasteiger partial charge in [0.25, 0.3) is 0 Å². The molecule has 0 fully saturated rings. The average molecular weight is 280 g/mol. The van der Waals surface area contributed by atoms with E-state index in [9.17, 15) is 0 Å². The minimum atomic E-state index is 0.295. The van der Waals surface area contributed by atoms with Crippen molar-refractivity contribution >= 4 is 11.6 Å². The molecule has 114 valence electrons. The Morgan fingerprint density at radius 2 is 2.05 bits per heavy atom. The fourth-order valence-corrected chi connectivity index (χ4v) is 2.16. The molecule has 1 aromatic rings. The Bertz CT molecular complexity index is 397. The van der Waals surface area contributed by atoms with Gasteiger partial charge in [-0.05, 0) is 20.3 Å². The van der Waals surface area contributed by atoms with Crippen molar-refractivity contribution in [2.75, 3.05) is 37.0 Å². The van der Waals surface area contributed by atoms with Crippen molar-refractivity contribution in [2.45, 2.75) is 46.6 Å². The minimum absolute atomic E-state index is 0.295. The quantitative estimate of drug-likeness (QED) is 0.753. The topological polar surface area (TPSA) is 50.3 Å². The molecule has 20 heavy (non-hydrogen) atoms. The van der Waals surface area contributed by atoms with Crippen LogP contribution in [0.25, 0.3) is 0 Å². The molecular formula is C15H28N4O. The maximum atomic E-state index is 5.26. The smallest absolute Gasteiger partial charge is 0.134 e. The zero-order valence-electron chi connectivity index (χ0n) is 13.4. The van der Waals surface area contributed by atoms with Crippen LogP contribution in [0.5, 0.6) is 0 Å². The second-order valence-electron chi connectivity index (χ2n) is 4.90. The van der Waals surface area contributed by atoms with E-state index < -0.39 is 0 Å². The van der Waals surface area contributed by atoms with Gasteiger partial charge in [-0.25, -0.2) is 9.97 Å². The Hall–Kier alpha value is -1.36. The van der Waals surface area contributed by atoms with Crippen LogP contribution in [0.2, 0.25) is 0 Å². The number of nitrogens with one attached hydrogen (secondary N) is 1. The molecule has 0 amide bonds. The van der Waals surface area contributed by atoms with E-state index in [1.54, 1.807) is 7.11 Å². The number of methoxy groups -OCH3 is 1. The number of ether oxygens (including phenoxy) is 1. The van der Waals surface area contributed by atoms with Crippen LogP contribution in [0.15, 0.2) is 6.07 Å². The highest BCUT2D eigenvalue weighted by Crippen LogP contribution is 2.19. The summed E-state index contributed by atoms with van der Waals surface area (Å²) in [5, 5.41) is 3.35. The third-order valence-electron chi connectivity index (χ3n) is 3.21. The van der Waals surface area contributed by atoms with Crippen LogP contribution in [-0.2, 0) is 11.2 Å². The third kappa shape index (κ3) is 4.63. The molecule has 1 heterocycles. The minimum Gasteiger partial charge on any atom is -0.383 e. The molecule has 0 aromatic carbocycles. The van der Waals surface area contributed by atoms with E-state index in [-0.39, 0.29) is 0 Å². The lowest BCUT2D eigenvalue weighted by atomic mass is 10.3. The number of hydrogen-bond donors (Lipinski definition) is 1. The molecule has 0 bridgehead atoms. The number of anilines is 2. The molecule has 0 aliphatic rings. The van der Waals surface area contributed by atoms with E-state index >= 15 is 0 Å². The molecule has 0 saturated heterocycles. The Labute approximate surface area is 122 Å². The fraction of sp³-hybridized carbons (Fsp3) is 0.733. The summed E-state index contributed by atoms with van der Waals surface area (Å²) >= 11 is 0. The normalized spacial score (nSPS) is 12.2. The Balaban J connectivity index is 3.00. The average Bonchev–Trinajstić information content (AvgIpc) is 2.46. The summed E-state index contributed by atoms with van der Waals surface area (Å²) in [7, 11) is 1.73. The lowest BCUT2D eigenvalue weighted by Gasteiger charge is -2.29. The summed E-state index contributed by atoms with van der Waals surface area (Å²) in [5.74, 6) is 2.77. The van der Waals surface area contributed by atoms with E-state index in [2.05, 4.69) is 47.9 Å². The summed E-state index contributed by atoms with van der Waals surface area (Å²) in [6, 6.07) is 2.33. The molecule has 0 saturated carbocycles. The first kappa shape index (κ1) is 16.7. The van der Waals surface area contributed by atoms with E-state index in [0.29, 0.717) is 12.6 Å². The molecular weight excluding hydrogens is 252 g/mol. The Kier molecular flexibility index (Phi) is 7.30. The SMILES string of the molecule is CCCNc1cc(N(CC)C(C)COC)nc(CC)n1. The van der Waals surface area contributed by atoms with E-state index in [4.69, 9.17) is 4.74 Å². The van der Waals surface area contributed by atoms with Crippen LogP contribution >= 0.6 is 0 Å². The van der Waals surface area contributed by atoms with Crippen LogP contribution in [0.4, 0.5) is 11.6 Å². The van der Waals surface area contributed by atoms with Crippen LogP contribution in [0, 0.1) is 0 Å². The standard InChI is InChI=1S/C15H28N4O/c1-6-9-16-14-10-15(18-13(7-2)17-14)19(8-3)12(4)11-20-5/h10,12H,6-9,11H2,1-5H3,(H,16,17,18). The van der Waals surface area contributed by atoms with Crippen molar-refractivity contribution in [3.63, 3.8) is 0 Å². The van der Waals surface area contributed by atoms with Gasteiger partial charge in [0.2, 0.25) is 0 Å². The second kappa shape index (κ2) is 8.74. The monoisotopic (exact) mass is 280 g/mol. The van der Waals surface area contributed by atoms with Crippen molar-refractivity contribution in [1.82, 2.24) is 9.97 Å². The summed E-state index contributed by atoms with van der Waals surface area (Å²) in [4.78, 5) is 11.4. The van der Waals surface area contributed by atoms with Gasteiger partial charge in [0.1, 0.15) is 17.5 Å². The molecule has 1 aromatic heterocycles. The predicted octanol–water partition coefficient (Wildman–Crippen LogP) is 2.72. The van der Waals surface area contributed by atoms with Gasteiger partial charge < -0.3 is 15.0 Å². The summed E-state index contributed by atoms with van der Waals surface area (Å²) < 4.78 is 5.26. The zero-order chi connectivity index (χ0) is 15.0. The van der Waals surface area contributed by atoms with Gasteiger partial charge >= 0.3 is 0 Å². The molecule has 5 heteroatoms. The van der Waals surface area contributed by atoms with Gasteiger partial charge in [-0.1, -0.05) is 13.8 Å². The Morgan fingerprint density at radius 3 is 2.60 bits per heavy atom. The summed E-state index contributed by atoms with van der Waals surface area (Å²) in [5.41, 5.74) is 0. The van der Waals surface area contributed by atoms with Gasteiger partial charge in [0.05, 0.1) is 12.6 Å². The van der Waals surface area contributed by atoms with Crippen LogP contribution < -0.4 is 10.2 Å². The van der Waals surface area contributed by atoms with Crippen LogP contribution in [-0.4, -0.2) is 42.8 Å². The first-order valence-corrected chi connectivity index (χ1v) is 7.53. The number of aromatic nitrogens is 2. The molecule has 0 radical (unpaired) electrons. The van der Waals surface area contributed by atoms with Gasteiger partial charge in [0, 0.05) is 32.7 Å². The van der Waals surface area contributed by atoms with Crippen LogP contribution in [0.3, 0.4) is 0 Å². The molecule has 0 aliphatic heterocycles. The molecule has 1 N–H and O–H groups in total. The predicted molar refractivity (Wildman–Crippen MR) is 84.5 cm³/mol. The maximum absolute atomic E-state index is 5.26. The first-order chi connectivity index (χ1) is 9.65. The summed E-state index contributed by atoms with van der Waals surface area (Å²) in [6.45, 7) is 11.0. The van der Waals surface area contributed by atoms with Gasteiger partial charge in [-0.15, -0.1) is 0 Å². The third-order valence-corrected chi connectivity index (χ3v) is 3.21. The lowest BCUT2D eigenvalue weighted by molar-refractivity contribution is 0.181. The Morgan fingerprint density at radius 1 is 1.30 bits per heavy atom. The van der Waals surface area contributed by atoms with E-state index in [1.807, 2.05) is 6.07 Å². The highest BCUT2D eigenvalue weighted by molar-refractivity contribution is 5.50. The van der Waals surface area contributed by atoms with Crippen molar-refractivity contribution in [1.29, 1.82) is 0 Å². The van der Waals surface area contributed by atoms with Crippen molar-refractivity contribution in [2.24, 2.45) is 0 Å². The maximum Gasteiger partial charge on any atom is 0.134 e. The largest absolute Gasteiger partial charge is 0.383 e.